The first kappa shape index (κ1) is 19.7. The highest BCUT2D eigenvalue weighted by atomic mass is 16.2. The number of hydrogen-bond donors (Lipinski definition) is 1. The Balaban J connectivity index is 1.78. The number of fused-ring (bicyclic) bond motifs is 1. The minimum absolute atomic E-state index is 0.00778. The third-order valence-corrected chi connectivity index (χ3v) is 5.49. The molecule has 0 radical (unpaired) electrons. The zero-order valence-electron chi connectivity index (χ0n) is 17.2. The number of urea groups is 1. The Morgan fingerprint density at radius 3 is 2.17 bits per heavy atom. The van der Waals surface area contributed by atoms with Crippen LogP contribution < -0.4 is 15.1 Å². The van der Waals surface area contributed by atoms with Gasteiger partial charge in [0, 0.05) is 30.0 Å². The number of nitrogens with one attached hydrogen (secondary N) is 1. The Kier molecular flexibility index (Phi) is 5.53. The van der Waals surface area contributed by atoms with Crippen molar-refractivity contribution in [3.05, 3.63) is 90.5 Å². The smallest absolute Gasteiger partial charge is 0.309 e. The van der Waals surface area contributed by atoms with Crippen LogP contribution in [0.15, 0.2) is 84.9 Å². The van der Waals surface area contributed by atoms with E-state index in [1.54, 1.807) is 11.8 Å². The van der Waals surface area contributed by atoms with Crippen molar-refractivity contribution in [1.82, 2.24) is 0 Å². The molecule has 0 fully saturated rings. The minimum atomic E-state index is -0.198. The van der Waals surface area contributed by atoms with Gasteiger partial charge in [-0.05, 0) is 49.2 Å². The first-order valence-corrected chi connectivity index (χ1v) is 10.2. The van der Waals surface area contributed by atoms with Gasteiger partial charge in [-0.15, -0.1) is 0 Å². The maximum absolute atomic E-state index is 13.5. The first-order valence-electron chi connectivity index (χ1n) is 10.2. The lowest BCUT2D eigenvalue weighted by atomic mass is 9.90. The molecule has 5 nitrogen and oxygen atoms in total. The summed E-state index contributed by atoms with van der Waals surface area (Å²) >= 11 is 0. The zero-order chi connectivity index (χ0) is 21.1. The highest BCUT2D eigenvalue weighted by Gasteiger charge is 2.37. The fourth-order valence-electron chi connectivity index (χ4n) is 4.24. The van der Waals surface area contributed by atoms with Crippen LogP contribution in [0.3, 0.4) is 0 Å². The van der Waals surface area contributed by atoms with Crippen molar-refractivity contribution in [2.45, 2.75) is 32.4 Å². The molecule has 2 unspecified atom stereocenters. The Labute approximate surface area is 176 Å². The molecule has 3 aromatic rings. The number of rotatable bonds is 3. The van der Waals surface area contributed by atoms with Crippen LogP contribution in [-0.2, 0) is 4.79 Å². The number of hydrogen-bond acceptors (Lipinski definition) is 2. The van der Waals surface area contributed by atoms with Crippen molar-refractivity contribution in [3.8, 4) is 0 Å². The monoisotopic (exact) mass is 399 g/mol. The summed E-state index contributed by atoms with van der Waals surface area (Å²) in [5.41, 5.74) is 3.39. The lowest BCUT2D eigenvalue weighted by molar-refractivity contribution is -0.117. The van der Waals surface area contributed by atoms with E-state index in [0.29, 0.717) is 6.42 Å². The van der Waals surface area contributed by atoms with E-state index in [9.17, 15) is 9.59 Å². The van der Waals surface area contributed by atoms with Gasteiger partial charge < -0.3 is 10.2 Å². The van der Waals surface area contributed by atoms with Crippen LogP contribution in [-0.4, -0.2) is 18.0 Å². The van der Waals surface area contributed by atoms with E-state index in [1.807, 2.05) is 96.8 Å². The molecule has 1 N–H and O–H groups in total. The maximum atomic E-state index is 13.5. The predicted molar refractivity (Wildman–Crippen MR) is 121 cm³/mol. The van der Waals surface area contributed by atoms with E-state index in [4.69, 9.17) is 0 Å². The number of para-hydroxylation sites is 3. The summed E-state index contributed by atoms with van der Waals surface area (Å²) in [5.74, 6) is 0.00778. The molecule has 30 heavy (non-hydrogen) atoms. The van der Waals surface area contributed by atoms with Crippen molar-refractivity contribution in [2.24, 2.45) is 0 Å². The fourth-order valence-corrected chi connectivity index (χ4v) is 4.24. The Morgan fingerprint density at radius 2 is 1.50 bits per heavy atom. The summed E-state index contributed by atoms with van der Waals surface area (Å²) in [4.78, 5) is 29.4. The predicted octanol–water partition coefficient (Wildman–Crippen LogP) is 5.61. The maximum Gasteiger partial charge on any atom is 0.326 e. The molecule has 1 heterocycles. The van der Waals surface area contributed by atoms with E-state index < -0.39 is 0 Å². The molecule has 2 atom stereocenters. The number of anilines is 3. The molecule has 0 spiro atoms. The van der Waals surface area contributed by atoms with Gasteiger partial charge in [-0.3, -0.25) is 9.69 Å². The number of nitrogens with zero attached hydrogens (tertiary/aromatic N) is 2. The van der Waals surface area contributed by atoms with Crippen LogP contribution in [0.25, 0.3) is 0 Å². The lowest BCUT2D eigenvalue weighted by Crippen LogP contribution is -2.48. The van der Waals surface area contributed by atoms with Crippen molar-refractivity contribution < 1.29 is 9.59 Å². The van der Waals surface area contributed by atoms with E-state index in [-0.39, 0.29) is 24.0 Å². The molecule has 3 amide bonds. The second-order valence-corrected chi connectivity index (χ2v) is 7.55. The quantitative estimate of drug-likeness (QED) is 0.622. The molecule has 152 valence electrons. The topological polar surface area (TPSA) is 52.7 Å². The molecule has 5 heteroatoms. The number of benzene rings is 3. The molecule has 0 aromatic heterocycles. The summed E-state index contributed by atoms with van der Waals surface area (Å²) in [7, 11) is 0. The highest BCUT2D eigenvalue weighted by Crippen LogP contribution is 2.42. The van der Waals surface area contributed by atoms with E-state index in [0.717, 1.165) is 22.6 Å². The fraction of sp³-hybridized carbons (Fsp3) is 0.200. The van der Waals surface area contributed by atoms with Crippen LogP contribution >= 0.6 is 0 Å². The van der Waals surface area contributed by atoms with E-state index >= 15 is 0 Å². The van der Waals surface area contributed by atoms with Crippen LogP contribution in [0.2, 0.25) is 0 Å². The molecule has 0 aliphatic carbocycles. The molecule has 0 saturated heterocycles. The van der Waals surface area contributed by atoms with Crippen molar-refractivity contribution in [1.29, 1.82) is 0 Å². The lowest BCUT2D eigenvalue weighted by Gasteiger charge is -2.43. The third kappa shape index (κ3) is 3.79. The highest BCUT2D eigenvalue weighted by molar-refractivity contribution is 6.03. The number of carbonyl (C=O) groups is 2. The zero-order valence-corrected chi connectivity index (χ0v) is 17.2. The van der Waals surface area contributed by atoms with E-state index in [2.05, 4.69) is 5.32 Å². The molecule has 0 saturated carbocycles. The van der Waals surface area contributed by atoms with E-state index in [1.165, 1.54) is 0 Å². The molecular formula is C25H25N3O2. The molecule has 1 aliphatic heterocycles. The number of carbonyl (C=O) groups excluding carboxylic acids is 2. The normalized spacial score (nSPS) is 17.7. The van der Waals surface area contributed by atoms with Gasteiger partial charge in [-0.25, -0.2) is 4.79 Å². The summed E-state index contributed by atoms with van der Waals surface area (Å²) in [6, 6.07) is 26.5. The van der Waals surface area contributed by atoms with Gasteiger partial charge >= 0.3 is 6.03 Å². The van der Waals surface area contributed by atoms with Gasteiger partial charge in [0.1, 0.15) is 0 Å². The summed E-state index contributed by atoms with van der Waals surface area (Å²) in [6.45, 7) is 3.62. The van der Waals surface area contributed by atoms with Crippen LogP contribution in [0, 0.1) is 0 Å². The van der Waals surface area contributed by atoms with Gasteiger partial charge in [-0.2, -0.15) is 0 Å². The Bertz CT molecular complexity index is 1040. The average molecular weight is 399 g/mol. The summed E-state index contributed by atoms with van der Waals surface area (Å²) in [6.07, 6.45) is 0.647. The molecule has 0 bridgehead atoms. The van der Waals surface area contributed by atoms with Gasteiger partial charge in [-0.1, -0.05) is 54.6 Å². The van der Waals surface area contributed by atoms with Crippen molar-refractivity contribution in [2.75, 3.05) is 15.1 Å². The number of amides is 3. The largest absolute Gasteiger partial charge is 0.326 e. The van der Waals surface area contributed by atoms with Gasteiger partial charge in [0.2, 0.25) is 5.91 Å². The molecule has 1 aliphatic rings. The summed E-state index contributed by atoms with van der Waals surface area (Å²) in [5, 5.41) is 3.02. The molecule has 4 rings (SSSR count). The van der Waals surface area contributed by atoms with Gasteiger partial charge in [0.25, 0.3) is 0 Å². The standard InChI is InChI=1S/C25H25N3O2/c1-18-17-24(22-15-9-10-16-23(22)27(18)19(2)29)28(21-13-7-4-8-14-21)25(30)26-20-11-5-3-6-12-20/h3-16,18,24H,17H2,1-2H3,(H,26,30). The van der Waals surface area contributed by atoms with Crippen LogP contribution in [0.4, 0.5) is 21.9 Å². The van der Waals surface area contributed by atoms with Gasteiger partial charge in [0.15, 0.2) is 0 Å². The van der Waals surface area contributed by atoms with Crippen molar-refractivity contribution in [3.63, 3.8) is 0 Å². The molecule has 3 aromatic carbocycles. The second-order valence-electron chi connectivity index (χ2n) is 7.55. The summed E-state index contributed by atoms with van der Waals surface area (Å²) < 4.78 is 0. The molecular weight excluding hydrogens is 374 g/mol. The minimum Gasteiger partial charge on any atom is -0.309 e. The SMILES string of the molecule is CC(=O)N1c2ccccc2C(N(C(=O)Nc2ccccc2)c2ccccc2)CC1C. The first-order chi connectivity index (χ1) is 14.6. The van der Waals surface area contributed by atoms with Crippen LogP contribution in [0.1, 0.15) is 31.9 Å². The van der Waals surface area contributed by atoms with Crippen molar-refractivity contribution >= 4 is 29.0 Å². The Morgan fingerprint density at radius 1 is 0.900 bits per heavy atom. The van der Waals surface area contributed by atoms with Gasteiger partial charge in [0.05, 0.1) is 6.04 Å². The third-order valence-electron chi connectivity index (χ3n) is 5.49. The van der Waals surface area contributed by atoms with Crippen LogP contribution in [0.5, 0.6) is 0 Å². The second kappa shape index (κ2) is 8.41. The average Bonchev–Trinajstić information content (AvgIpc) is 2.75. The Hall–Kier alpha value is -3.60.